The average molecular weight is 246 g/mol. The molecule has 1 aliphatic rings. The molecule has 1 fully saturated rings. The van der Waals surface area contributed by atoms with E-state index in [2.05, 4.69) is 6.92 Å². The van der Waals surface area contributed by atoms with Crippen LogP contribution >= 0.6 is 0 Å². The van der Waals surface area contributed by atoms with Crippen molar-refractivity contribution in [3.8, 4) is 0 Å². The van der Waals surface area contributed by atoms with Crippen molar-refractivity contribution in [2.45, 2.75) is 43.7 Å². The minimum atomic E-state index is -0.612. The fraction of sp³-hybridized carbons (Fsp3) is 0.900. The monoisotopic (exact) mass is 246 g/mol. The molecule has 0 bridgehead atoms. The second-order valence-corrected chi connectivity index (χ2v) is 5.99. The maximum absolute atomic E-state index is 10.7. The van der Waals surface area contributed by atoms with Gasteiger partial charge in [-0.3, -0.25) is 0 Å². The molecule has 76 valence electrons. The van der Waals surface area contributed by atoms with Gasteiger partial charge in [-0.2, -0.15) is 0 Å². The van der Waals surface area contributed by atoms with Gasteiger partial charge in [-0.1, -0.05) is 0 Å². The molecule has 1 N–H and O–H groups in total. The first-order chi connectivity index (χ1) is 6.09. The Labute approximate surface area is 88.6 Å². The van der Waals surface area contributed by atoms with E-state index in [4.69, 9.17) is 5.11 Å². The number of rotatable bonds is 3. The van der Waals surface area contributed by atoms with Gasteiger partial charge in [-0.25, -0.2) is 0 Å². The third-order valence-electron chi connectivity index (χ3n) is 3.04. The maximum atomic E-state index is 10.7. The average Bonchev–Trinajstić information content (AvgIpc) is 2.08. The standard InChI is InChI=1S/C10H19AsO2/c1-7-2-4-8(5-3-7)6-9(11)10(12)13/h7-9H,2-6,11H2,1H3,(H,12,13)/t7?,8?,9-/m0/s1. The van der Waals surface area contributed by atoms with Crippen molar-refractivity contribution < 1.29 is 9.90 Å². The number of aliphatic carboxylic acids is 1. The van der Waals surface area contributed by atoms with Crippen LogP contribution < -0.4 is 0 Å². The molecule has 0 aromatic rings. The zero-order chi connectivity index (χ0) is 9.84. The molecule has 1 rings (SSSR count). The molecule has 0 radical (unpaired) electrons. The van der Waals surface area contributed by atoms with Crippen LogP contribution in [0.5, 0.6) is 0 Å². The Morgan fingerprint density at radius 2 is 2.00 bits per heavy atom. The van der Waals surface area contributed by atoms with E-state index in [1.807, 2.05) is 0 Å². The molecule has 0 aromatic carbocycles. The van der Waals surface area contributed by atoms with Crippen molar-refractivity contribution in [2.24, 2.45) is 11.8 Å². The summed E-state index contributed by atoms with van der Waals surface area (Å²) >= 11 is 1.36. The summed E-state index contributed by atoms with van der Waals surface area (Å²) in [7, 11) is 0. The Hall–Kier alpha value is 0.0284. The summed E-state index contributed by atoms with van der Waals surface area (Å²) in [5, 5.41) is 8.78. The molecule has 1 unspecified atom stereocenters. The molecule has 0 spiro atoms. The number of carboxylic acids is 1. The first kappa shape index (κ1) is 11.1. The van der Waals surface area contributed by atoms with E-state index >= 15 is 0 Å². The van der Waals surface area contributed by atoms with Gasteiger partial charge in [0.05, 0.1) is 0 Å². The third-order valence-corrected chi connectivity index (χ3v) is 4.21. The van der Waals surface area contributed by atoms with E-state index in [0.717, 1.165) is 12.3 Å². The predicted octanol–water partition coefficient (Wildman–Crippen LogP) is 1.71. The summed E-state index contributed by atoms with van der Waals surface area (Å²) in [5.74, 6) is 0.935. The van der Waals surface area contributed by atoms with Crippen LogP contribution in [0, 0.1) is 11.8 Å². The van der Waals surface area contributed by atoms with Crippen molar-refractivity contribution in [3.63, 3.8) is 0 Å². The van der Waals surface area contributed by atoms with Crippen LogP contribution in [-0.4, -0.2) is 27.9 Å². The molecule has 1 aliphatic carbocycles. The Kier molecular flexibility index (Phi) is 4.31. The van der Waals surface area contributed by atoms with Gasteiger partial charge >= 0.3 is 88.3 Å². The number of hydrogen-bond donors (Lipinski definition) is 1. The van der Waals surface area contributed by atoms with Crippen LogP contribution in [0.4, 0.5) is 0 Å². The molecule has 0 saturated heterocycles. The van der Waals surface area contributed by atoms with E-state index in [1.54, 1.807) is 0 Å². The van der Waals surface area contributed by atoms with E-state index in [-0.39, 0.29) is 4.71 Å². The topological polar surface area (TPSA) is 37.3 Å². The van der Waals surface area contributed by atoms with E-state index in [0.29, 0.717) is 5.92 Å². The molecular formula is C10H19AsO2. The fourth-order valence-corrected chi connectivity index (χ4v) is 2.83. The molecule has 1 saturated carbocycles. The first-order valence-corrected chi connectivity index (χ1v) is 6.48. The van der Waals surface area contributed by atoms with Crippen LogP contribution in [0.3, 0.4) is 0 Å². The Morgan fingerprint density at radius 3 is 2.46 bits per heavy atom. The van der Waals surface area contributed by atoms with Gasteiger partial charge in [-0.05, 0) is 0 Å². The van der Waals surface area contributed by atoms with Gasteiger partial charge in [0.25, 0.3) is 0 Å². The molecule has 0 amide bonds. The van der Waals surface area contributed by atoms with Crippen LogP contribution in [-0.2, 0) is 4.79 Å². The van der Waals surface area contributed by atoms with Crippen LogP contribution in [0.1, 0.15) is 39.0 Å². The molecule has 0 aromatic heterocycles. The zero-order valence-electron chi connectivity index (χ0n) is 8.20. The van der Waals surface area contributed by atoms with Crippen molar-refractivity contribution in [2.75, 3.05) is 0 Å². The molecule has 0 aliphatic heterocycles. The van der Waals surface area contributed by atoms with Gasteiger partial charge in [0, 0.05) is 0 Å². The van der Waals surface area contributed by atoms with E-state index in [9.17, 15) is 4.79 Å². The number of carbonyl (C=O) groups is 1. The number of carboxylic acid groups (broad SMARTS) is 1. The van der Waals surface area contributed by atoms with Crippen LogP contribution in [0.25, 0.3) is 0 Å². The van der Waals surface area contributed by atoms with E-state index < -0.39 is 5.97 Å². The third kappa shape index (κ3) is 3.72. The molecule has 0 heterocycles. The Morgan fingerprint density at radius 1 is 1.46 bits per heavy atom. The summed E-state index contributed by atoms with van der Waals surface area (Å²) < 4.78 is -0.0918. The van der Waals surface area contributed by atoms with Crippen LogP contribution in [0.2, 0.25) is 4.71 Å². The fourth-order valence-electron chi connectivity index (χ4n) is 2.02. The van der Waals surface area contributed by atoms with Gasteiger partial charge in [-0.15, -0.1) is 0 Å². The quantitative estimate of drug-likeness (QED) is 0.770. The molecule has 13 heavy (non-hydrogen) atoms. The van der Waals surface area contributed by atoms with Crippen molar-refractivity contribution in [3.05, 3.63) is 0 Å². The second kappa shape index (κ2) is 5.05. The van der Waals surface area contributed by atoms with Crippen molar-refractivity contribution in [1.29, 1.82) is 0 Å². The predicted molar refractivity (Wildman–Crippen MR) is 55.7 cm³/mol. The number of hydrogen-bond acceptors (Lipinski definition) is 1. The van der Waals surface area contributed by atoms with Gasteiger partial charge in [0.1, 0.15) is 0 Å². The normalized spacial score (nSPS) is 31.2. The molecule has 2 atom stereocenters. The van der Waals surface area contributed by atoms with Crippen molar-refractivity contribution in [1.82, 2.24) is 0 Å². The van der Waals surface area contributed by atoms with Crippen LogP contribution in [0.15, 0.2) is 0 Å². The molecular weight excluding hydrogens is 227 g/mol. The first-order valence-electron chi connectivity index (χ1n) is 5.08. The van der Waals surface area contributed by atoms with Gasteiger partial charge in [0.2, 0.25) is 0 Å². The van der Waals surface area contributed by atoms with E-state index in [1.165, 1.54) is 42.5 Å². The Balaban J connectivity index is 2.26. The summed E-state index contributed by atoms with van der Waals surface area (Å²) in [5.41, 5.74) is 0. The summed E-state index contributed by atoms with van der Waals surface area (Å²) in [4.78, 5) is 10.7. The molecule has 2 nitrogen and oxygen atoms in total. The second-order valence-electron chi connectivity index (χ2n) is 4.31. The summed E-state index contributed by atoms with van der Waals surface area (Å²) in [6.45, 7) is 2.29. The minimum absolute atomic E-state index is 0.0918. The molecule has 3 heteroatoms. The van der Waals surface area contributed by atoms with Gasteiger partial charge < -0.3 is 0 Å². The summed E-state index contributed by atoms with van der Waals surface area (Å²) in [6, 6.07) is 0. The zero-order valence-corrected chi connectivity index (χ0v) is 10.6. The summed E-state index contributed by atoms with van der Waals surface area (Å²) in [6.07, 6.45) is 5.99. The van der Waals surface area contributed by atoms with Gasteiger partial charge in [0.15, 0.2) is 0 Å². The van der Waals surface area contributed by atoms with Crippen molar-refractivity contribution >= 4 is 22.8 Å². The SMILES string of the molecule is CC1CCC(C[C@H]([AsH2])C(=O)O)CC1. The Bertz CT molecular complexity index is 174.